The Hall–Kier alpha value is -2.10. The largest absolute Gasteiger partial charge is 0.379 e. The highest BCUT2D eigenvalue weighted by atomic mass is 35.5. The fourth-order valence-corrected chi connectivity index (χ4v) is 5.34. The van der Waals surface area contributed by atoms with Crippen molar-refractivity contribution in [2.24, 2.45) is 4.99 Å². The highest BCUT2D eigenvalue weighted by molar-refractivity contribution is 7.17. The van der Waals surface area contributed by atoms with E-state index < -0.39 is 0 Å². The van der Waals surface area contributed by atoms with Gasteiger partial charge in [0.25, 0.3) is 0 Å². The molecule has 0 spiro atoms. The fraction of sp³-hybridized carbons (Fsp3) is 0.480. The first-order valence-electron chi connectivity index (χ1n) is 11.6. The minimum Gasteiger partial charge on any atom is -0.379 e. The summed E-state index contributed by atoms with van der Waals surface area (Å²) in [5, 5.41) is 21.1. The molecule has 4 rings (SSSR count). The number of hydrogen-bond donors (Lipinski definition) is 3. The maximum absolute atomic E-state index is 8.28. The number of nitrogens with one attached hydrogen (secondary N) is 3. The van der Waals surface area contributed by atoms with Crippen LogP contribution in [0, 0.1) is 24.7 Å². The van der Waals surface area contributed by atoms with Gasteiger partial charge in [-0.1, -0.05) is 23.7 Å². The summed E-state index contributed by atoms with van der Waals surface area (Å²) >= 11 is 7.61. The molecule has 7 nitrogen and oxygen atoms in total. The summed E-state index contributed by atoms with van der Waals surface area (Å²) in [5.74, 6) is 0.661. The Labute approximate surface area is 211 Å². The van der Waals surface area contributed by atoms with Crippen molar-refractivity contribution in [3.8, 4) is 0 Å². The van der Waals surface area contributed by atoms with Crippen molar-refractivity contribution in [3.05, 3.63) is 50.9 Å². The summed E-state index contributed by atoms with van der Waals surface area (Å²) in [6.45, 7) is 12.5. The zero-order valence-corrected chi connectivity index (χ0v) is 22.1. The molecule has 3 N–H and O–H groups in total. The van der Waals surface area contributed by atoms with Gasteiger partial charge in [0, 0.05) is 34.1 Å². The van der Waals surface area contributed by atoms with Crippen LogP contribution in [-0.2, 0) is 4.74 Å². The van der Waals surface area contributed by atoms with E-state index in [-0.39, 0.29) is 6.54 Å². The Morgan fingerprint density at radius 1 is 1.21 bits per heavy atom. The third-order valence-corrected chi connectivity index (χ3v) is 7.37. The SMILES string of the molecule is CC(=N)N1C(=N)CN=C(c2ccc(Cl)cc2)c2c1sc(C)c2C.CNCCCN1CCOCC1. The Bertz CT molecular complexity index is 1030. The molecule has 0 bridgehead atoms. The van der Waals surface area contributed by atoms with E-state index in [0.29, 0.717) is 16.7 Å². The molecule has 0 aliphatic carbocycles. The lowest BCUT2D eigenvalue weighted by Gasteiger charge is -2.26. The Kier molecular flexibility index (Phi) is 9.79. The van der Waals surface area contributed by atoms with E-state index in [1.54, 1.807) is 23.2 Å². The molecule has 0 radical (unpaired) electrons. The fourth-order valence-electron chi connectivity index (χ4n) is 3.97. The predicted molar refractivity (Wildman–Crippen MR) is 145 cm³/mol. The van der Waals surface area contributed by atoms with Gasteiger partial charge in [-0.25, -0.2) is 0 Å². The minimum atomic E-state index is 0.258. The lowest BCUT2D eigenvalue weighted by atomic mass is 10.00. The molecule has 1 aromatic heterocycles. The summed E-state index contributed by atoms with van der Waals surface area (Å²) in [4.78, 5) is 9.99. The molecular weight excluding hydrogens is 468 g/mol. The van der Waals surface area contributed by atoms with Crippen LogP contribution in [0.1, 0.15) is 34.9 Å². The summed E-state index contributed by atoms with van der Waals surface area (Å²) in [6, 6.07) is 7.61. The van der Waals surface area contributed by atoms with E-state index in [9.17, 15) is 0 Å². The molecule has 2 aliphatic rings. The molecule has 34 heavy (non-hydrogen) atoms. The number of amidine groups is 2. The minimum absolute atomic E-state index is 0.258. The van der Waals surface area contributed by atoms with E-state index >= 15 is 0 Å². The molecule has 1 saturated heterocycles. The van der Waals surface area contributed by atoms with Gasteiger partial charge in [0.15, 0.2) is 0 Å². The molecule has 9 heteroatoms. The van der Waals surface area contributed by atoms with E-state index in [4.69, 9.17) is 27.2 Å². The van der Waals surface area contributed by atoms with Crippen molar-refractivity contribution >= 4 is 45.3 Å². The van der Waals surface area contributed by atoms with Crippen LogP contribution in [0.3, 0.4) is 0 Å². The van der Waals surface area contributed by atoms with Gasteiger partial charge in [-0.2, -0.15) is 0 Å². The lowest BCUT2D eigenvalue weighted by Crippen LogP contribution is -2.37. The van der Waals surface area contributed by atoms with Gasteiger partial charge >= 0.3 is 0 Å². The van der Waals surface area contributed by atoms with Gasteiger partial charge in [-0.3, -0.25) is 25.6 Å². The Balaban J connectivity index is 0.000000248. The van der Waals surface area contributed by atoms with Gasteiger partial charge in [0.1, 0.15) is 16.7 Å². The lowest BCUT2D eigenvalue weighted by molar-refractivity contribution is 0.0375. The maximum atomic E-state index is 8.28. The highest BCUT2D eigenvalue weighted by Crippen LogP contribution is 2.39. The topological polar surface area (TPSA) is 87.8 Å². The molecule has 2 aliphatic heterocycles. The average molecular weight is 503 g/mol. The first-order chi connectivity index (χ1) is 16.3. The smallest absolute Gasteiger partial charge is 0.129 e. The first kappa shape index (κ1) is 26.5. The molecule has 0 saturated carbocycles. The van der Waals surface area contributed by atoms with Crippen LogP contribution in [0.4, 0.5) is 5.00 Å². The van der Waals surface area contributed by atoms with Crippen LogP contribution in [-0.4, -0.2) is 75.3 Å². The van der Waals surface area contributed by atoms with E-state index in [1.165, 1.54) is 17.8 Å². The van der Waals surface area contributed by atoms with Crippen LogP contribution in [0.5, 0.6) is 0 Å². The summed E-state index contributed by atoms with van der Waals surface area (Å²) in [5.41, 5.74) is 4.02. The third-order valence-electron chi connectivity index (χ3n) is 5.92. The number of ether oxygens (including phenoxy) is 1. The Morgan fingerprint density at radius 3 is 2.50 bits per heavy atom. The van der Waals surface area contributed by atoms with Gasteiger partial charge in [-0.15, -0.1) is 11.3 Å². The second kappa shape index (κ2) is 12.6. The van der Waals surface area contributed by atoms with Crippen LogP contribution in [0.15, 0.2) is 29.3 Å². The van der Waals surface area contributed by atoms with E-state index in [1.807, 2.05) is 31.3 Å². The van der Waals surface area contributed by atoms with Crippen molar-refractivity contribution in [2.75, 3.05) is 57.9 Å². The van der Waals surface area contributed by atoms with Crippen LogP contribution in [0.2, 0.25) is 5.02 Å². The molecule has 0 amide bonds. The number of aryl methyl sites for hydroxylation is 1. The number of hydrogen-bond acceptors (Lipinski definition) is 7. The molecular formula is C25H35ClN6OS. The van der Waals surface area contributed by atoms with Crippen molar-refractivity contribution in [2.45, 2.75) is 27.2 Å². The van der Waals surface area contributed by atoms with Crippen molar-refractivity contribution in [1.82, 2.24) is 10.2 Å². The zero-order chi connectivity index (χ0) is 24.7. The van der Waals surface area contributed by atoms with Crippen LogP contribution in [0.25, 0.3) is 0 Å². The molecule has 1 aromatic carbocycles. The van der Waals surface area contributed by atoms with Gasteiger partial charge in [0.2, 0.25) is 0 Å². The number of aliphatic imine (C=N–C) groups is 1. The Morgan fingerprint density at radius 2 is 1.88 bits per heavy atom. The summed E-state index contributed by atoms with van der Waals surface area (Å²) in [7, 11) is 2.00. The molecule has 0 atom stereocenters. The number of nitrogens with zero attached hydrogens (tertiary/aromatic N) is 3. The number of fused-ring (bicyclic) bond motifs is 1. The van der Waals surface area contributed by atoms with Crippen molar-refractivity contribution in [3.63, 3.8) is 0 Å². The monoisotopic (exact) mass is 502 g/mol. The number of halogens is 1. The van der Waals surface area contributed by atoms with Crippen LogP contribution < -0.4 is 10.2 Å². The van der Waals surface area contributed by atoms with Gasteiger partial charge in [-0.05, 0) is 65.0 Å². The standard InChI is InChI=1S/C17H17ClN4S.C8H18N2O/c1-9-10(2)23-17-15(9)16(12-4-6-13(18)7-5-12)21-8-14(20)22(17)11(3)19;1-9-3-2-4-10-5-7-11-8-6-10/h4-7,19-20H,8H2,1-3H3;9H,2-8H2,1H3. The van der Waals surface area contributed by atoms with Gasteiger partial charge < -0.3 is 10.1 Å². The zero-order valence-electron chi connectivity index (χ0n) is 20.5. The first-order valence-corrected chi connectivity index (χ1v) is 12.8. The number of morpholine rings is 1. The number of rotatable bonds is 5. The van der Waals surface area contributed by atoms with Gasteiger partial charge in [0.05, 0.1) is 25.5 Å². The molecule has 2 aromatic rings. The average Bonchev–Trinajstić information content (AvgIpc) is 3.01. The second-order valence-electron chi connectivity index (χ2n) is 8.41. The quantitative estimate of drug-likeness (QED) is 0.317. The van der Waals surface area contributed by atoms with E-state index in [0.717, 1.165) is 60.3 Å². The second-order valence-corrected chi connectivity index (χ2v) is 10.1. The normalized spacial score (nSPS) is 16.3. The van der Waals surface area contributed by atoms with Crippen molar-refractivity contribution < 1.29 is 4.74 Å². The summed E-state index contributed by atoms with van der Waals surface area (Å²) in [6.07, 6.45) is 1.25. The molecule has 184 valence electrons. The number of thiophene rings is 1. The summed E-state index contributed by atoms with van der Waals surface area (Å²) < 4.78 is 5.25. The van der Waals surface area contributed by atoms with Crippen molar-refractivity contribution in [1.29, 1.82) is 10.8 Å². The highest BCUT2D eigenvalue weighted by Gasteiger charge is 2.28. The molecule has 0 unspecified atom stereocenters. The number of anilines is 1. The molecule has 1 fully saturated rings. The third kappa shape index (κ3) is 6.52. The van der Waals surface area contributed by atoms with E-state index in [2.05, 4.69) is 29.1 Å². The van der Waals surface area contributed by atoms with Crippen LogP contribution >= 0.6 is 22.9 Å². The molecule has 3 heterocycles. The maximum Gasteiger partial charge on any atom is 0.129 e. The number of benzene rings is 1. The predicted octanol–water partition coefficient (Wildman–Crippen LogP) is 4.58.